The van der Waals surface area contributed by atoms with Gasteiger partial charge >= 0.3 is 0 Å². The zero-order chi connectivity index (χ0) is 14.2. The van der Waals surface area contributed by atoms with Crippen LogP contribution < -0.4 is 0 Å². The molecule has 2 rings (SSSR count). The summed E-state index contributed by atoms with van der Waals surface area (Å²) in [5.74, 6) is -3.00. The minimum atomic E-state index is -1.06. The Kier molecular flexibility index (Phi) is 4.58. The second kappa shape index (κ2) is 5.85. The molecule has 1 unspecified atom stereocenters. The molecule has 19 heavy (non-hydrogen) atoms. The predicted molar refractivity (Wildman–Crippen MR) is 75.9 cm³/mol. The summed E-state index contributed by atoms with van der Waals surface area (Å²) in [6.07, 6.45) is 0. The van der Waals surface area contributed by atoms with E-state index in [2.05, 4.69) is 31.9 Å². The lowest BCUT2D eigenvalue weighted by molar-refractivity contribution is 0.526. The fourth-order valence-corrected chi connectivity index (χ4v) is 3.03. The van der Waals surface area contributed by atoms with Gasteiger partial charge in [0, 0.05) is 26.6 Å². The van der Waals surface area contributed by atoms with Gasteiger partial charge in [-0.3, -0.25) is 0 Å². The molecule has 100 valence electrons. The standard InChI is InChI=1S/C13H6Br2ClF3/c14-6-1-2-9(15)8(3-6)13(16)12-10(18)4-7(17)5-11(12)19/h1-5,13H. The quantitative estimate of drug-likeness (QED) is 0.532. The molecule has 0 nitrogen and oxygen atoms in total. The van der Waals surface area contributed by atoms with E-state index in [9.17, 15) is 13.2 Å². The highest BCUT2D eigenvalue weighted by molar-refractivity contribution is 9.11. The molecule has 0 saturated carbocycles. The van der Waals surface area contributed by atoms with Crippen LogP contribution in [0.25, 0.3) is 0 Å². The van der Waals surface area contributed by atoms with Gasteiger partial charge in [-0.15, -0.1) is 11.6 Å². The zero-order valence-corrected chi connectivity index (χ0v) is 13.2. The summed E-state index contributed by atoms with van der Waals surface area (Å²) in [5.41, 5.74) is 0.113. The van der Waals surface area contributed by atoms with Gasteiger partial charge in [-0.05, 0) is 23.8 Å². The van der Waals surface area contributed by atoms with Crippen molar-refractivity contribution < 1.29 is 13.2 Å². The molecule has 6 heteroatoms. The van der Waals surface area contributed by atoms with Gasteiger partial charge in [-0.1, -0.05) is 31.9 Å². The third kappa shape index (κ3) is 3.15. The largest absolute Gasteiger partial charge is 0.207 e. The SMILES string of the molecule is Fc1cc(F)c(C(Cl)c2cc(Br)ccc2Br)c(F)c1. The lowest BCUT2D eigenvalue weighted by Gasteiger charge is -2.14. The Balaban J connectivity index is 2.56. The van der Waals surface area contributed by atoms with Gasteiger partial charge in [0.05, 0.1) is 5.38 Å². The molecular weight excluding hydrogens is 408 g/mol. The maximum absolute atomic E-state index is 13.7. The van der Waals surface area contributed by atoms with Crippen molar-refractivity contribution in [3.8, 4) is 0 Å². The third-order valence-electron chi connectivity index (χ3n) is 2.53. The van der Waals surface area contributed by atoms with Gasteiger partial charge in [-0.2, -0.15) is 0 Å². The van der Waals surface area contributed by atoms with Gasteiger partial charge in [-0.25, -0.2) is 13.2 Å². The fourth-order valence-electron chi connectivity index (χ4n) is 1.66. The van der Waals surface area contributed by atoms with Crippen molar-refractivity contribution in [2.45, 2.75) is 5.38 Å². The van der Waals surface area contributed by atoms with Crippen LogP contribution >= 0.6 is 43.5 Å². The topological polar surface area (TPSA) is 0 Å². The van der Waals surface area contributed by atoms with Gasteiger partial charge in [0.1, 0.15) is 17.5 Å². The number of halogens is 6. The molecule has 2 aromatic rings. The molecule has 0 amide bonds. The first-order valence-electron chi connectivity index (χ1n) is 5.13. The fraction of sp³-hybridized carbons (Fsp3) is 0.0769. The summed E-state index contributed by atoms with van der Waals surface area (Å²) in [6.45, 7) is 0. The van der Waals surface area contributed by atoms with E-state index < -0.39 is 22.8 Å². The molecule has 0 fully saturated rings. The molecule has 0 spiro atoms. The van der Waals surface area contributed by atoms with Crippen LogP contribution in [0.2, 0.25) is 0 Å². The number of benzene rings is 2. The third-order valence-corrected chi connectivity index (χ3v) is 4.20. The smallest absolute Gasteiger partial charge is 0.134 e. The summed E-state index contributed by atoms with van der Waals surface area (Å²) in [7, 11) is 0. The van der Waals surface area contributed by atoms with E-state index in [1.807, 2.05) is 0 Å². The first-order valence-corrected chi connectivity index (χ1v) is 7.16. The van der Waals surface area contributed by atoms with E-state index in [1.165, 1.54) is 0 Å². The molecule has 2 aromatic carbocycles. The summed E-state index contributed by atoms with van der Waals surface area (Å²) >= 11 is 12.6. The van der Waals surface area contributed by atoms with Crippen LogP contribution in [0.1, 0.15) is 16.5 Å². The lowest BCUT2D eigenvalue weighted by Crippen LogP contribution is -2.03. The van der Waals surface area contributed by atoms with Crippen LogP contribution in [-0.2, 0) is 0 Å². The van der Waals surface area contributed by atoms with Gasteiger partial charge < -0.3 is 0 Å². The summed E-state index contributed by atoms with van der Waals surface area (Å²) in [4.78, 5) is 0. The second-order valence-electron chi connectivity index (χ2n) is 3.81. The Morgan fingerprint density at radius 2 is 1.53 bits per heavy atom. The van der Waals surface area contributed by atoms with Crippen molar-refractivity contribution >= 4 is 43.5 Å². The highest BCUT2D eigenvalue weighted by Gasteiger charge is 2.23. The Morgan fingerprint density at radius 3 is 2.11 bits per heavy atom. The molecule has 0 N–H and O–H groups in total. The second-order valence-corrected chi connectivity index (χ2v) is 6.02. The number of hydrogen-bond donors (Lipinski definition) is 0. The lowest BCUT2D eigenvalue weighted by atomic mass is 10.0. The molecule has 1 atom stereocenters. The first-order chi connectivity index (χ1) is 8.90. The summed E-state index contributed by atoms with van der Waals surface area (Å²) in [5, 5.41) is -1.06. The van der Waals surface area contributed by atoms with Crippen LogP contribution in [0.15, 0.2) is 39.3 Å². The predicted octanol–water partition coefficient (Wildman–Crippen LogP) is 5.96. The molecule has 0 aromatic heterocycles. The Bertz CT molecular complexity index is 608. The van der Waals surface area contributed by atoms with Crippen LogP contribution in [0.3, 0.4) is 0 Å². The molecule has 0 aliphatic rings. The Hall–Kier alpha value is -0.520. The van der Waals surface area contributed by atoms with Gasteiger partial charge in [0.25, 0.3) is 0 Å². The number of hydrogen-bond acceptors (Lipinski definition) is 0. The molecule has 0 saturated heterocycles. The molecular formula is C13H6Br2ClF3. The van der Waals surface area contributed by atoms with Crippen molar-refractivity contribution in [1.82, 2.24) is 0 Å². The maximum atomic E-state index is 13.7. The minimum absolute atomic E-state index is 0.373. The highest BCUT2D eigenvalue weighted by Crippen LogP contribution is 2.37. The van der Waals surface area contributed by atoms with Crippen molar-refractivity contribution in [3.05, 3.63) is 67.9 Å². The van der Waals surface area contributed by atoms with Crippen LogP contribution in [0, 0.1) is 17.5 Å². The Labute approximate surface area is 129 Å². The minimum Gasteiger partial charge on any atom is -0.207 e. The van der Waals surface area contributed by atoms with E-state index in [0.29, 0.717) is 22.2 Å². The summed E-state index contributed by atoms with van der Waals surface area (Å²) < 4.78 is 41.6. The van der Waals surface area contributed by atoms with E-state index in [4.69, 9.17) is 11.6 Å². The van der Waals surface area contributed by atoms with E-state index in [-0.39, 0.29) is 5.56 Å². The average molecular weight is 414 g/mol. The van der Waals surface area contributed by atoms with Crippen LogP contribution in [0.5, 0.6) is 0 Å². The molecule has 0 bridgehead atoms. The summed E-state index contributed by atoms with van der Waals surface area (Å²) in [6, 6.07) is 6.33. The number of rotatable bonds is 2. The molecule has 0 radical (unpaired) electrons. The highest BCUT2D eigenvalue weighted by atomic mass is 79.9. The van der Waals surface area contributed by atoms with Crippen molar-refractivity contribution in [2.24, 2.45) is 0 Å². The van der Waals surface area contributed by atoms with Crippen LogP contribution in [0.4, 0.5) is 13.2 Å². The average Bonchev–Trinajstić information content (AvgIpc) is 2.30. The van der Waals surface area contributed by atoms with E-state index in [0.717, 1.165) is 4.47 Å². The first kappa shape index (κ1) is 14.9. The van der Waals surface area contributed by atoms with Crippen molar-refractivity contribution in [1.29, 1.82) is 0 Å². The molecule has 0 aliphatic carbocycles. The number of alkyl halides is 1. The van der Waals surface area contributed by atoms with Crippen molar-refractivity contribution in [2.75, 3.05) is 0 Å². The van der Waals surface area contributed by atoms with E-state index >= 15 is 0 Å². The molecule has 0 aliphatic heterocycles. The van der Waals surface area contributed by atoms with Gasteiger partial charge in [0.15, 0.2) is 0 Å². The normalized spacial score (nSPS) is 12.5. The van der Waals surface area contributed by atoms with E-state index in [1.54, 1.807) is 18.2 Å². The molecule has 0 heterocycles. The Morgan fingerprint density at radius 1 is 0.947 bits per heavy atom. The monoisotopic (exact) mass is 412 g/mol. The zero-order valence-electron chi connectivity index (χ0n) is 9.23. The van der Waals surface area contributed by atoms with Crippen LogP contribution in [-0.4, -0.2) is 0 Å². The van der Waals surface area contributed by atoms with Gasteiger partial charge in [0.2, 0.25) is 0 Å². The maximum Gasteiger partial charge on any atom is 0.134 e. The van der Waals surface area contributed by atoms with Crippen molar-refractivity contribution in [3.63, 3.8) is 0 Å².